The zero-order valence-electron chi connectivity index (χ0n) is 19.9. The molecule has 1 heterocycles. The highest BCUT2D eigenvalue weighted by molar-refractivity contribution is 7.99. The van der Waals surface area contributed by atoms with Gasteiger partial charge in [0.15, 0.2) is 0 Å². The first-order valence-corrected chi connectivity index (χ1v) is 13.0. The molecule has 2 atom stereocenters. The number of allylic oxidation sites excluding steroid dienone is 2. The van der Waals surface area contributed by atoms with E-state index in [0.29, 0.717) is 5.92 Å². The van der Waals surface area contributed by atoms with Gasteiger partial charge in [0.2, 0.25) is 5.91 Å². The van der Waals surface area contributed by atoms with Gasteiger partial charge in [0.1, 0.15) is 5.03 Å². The van der Waals surface area contributed by atoms with Gasteiger partial charge in [0.25, 0.3) is 0 Å². The first kappa shape index (κ1) is 25.0. The molecule has 0 spiro atoms. The second-order valence-electron chi connectivity index (χ2n) is 8.98. The van der Waals surface area contributed by atoms with E-state index >= 15 is 0 Å². The number of aromatic nitrogens is 1. The normalized spacial score (nSPS) is 19.2. The Bertz CT molecular complexity index is 713. The summed E-state index contributed by atoms with van der Waals surface area (Å²) in [6.45, 7) is 10.9. The summed E-state index contributed by atoms with van der Waals surface area (Å²) >= 11 is 1.70. The summed E-state index contributed by atoms with van der Waals surface area (Å²) in [6, 6.07) is 1.99. The van der Waals surface area contributed by atoms with Crippen molar-refractivity contribution in [3.8, 4) is 0 Å². The summed E-state index contributed by atoms with van der Waals surface area (Å²) < 4.78 is 0. The maximum Gasteiger partial charge on any atom is 0.228 e. The minimum atomic E-state index is 0.0767. The van der Waals surface area contributed by atoms with Crippen molar-refractivity contribution in [3.63, 3.8) is 0 Å². The largest absolute Gasteiger partial charge is 0.323 e. The zero-order chi connectivity index (χ0) is 21.9. The van der Waals surface area contributed by atoms with Crippen LogP contribution in [0.25, 0.3) is 0 Å². The lowest BCUT2D eigenvalue weighted by Gasteiger charge is -2.32. The SMILES string of the molecule is CCCCCCCCC[C@@H]1CC(C)=C(C)C[C@H]1C(=O)Nc1c(C)ccnc1SCC. The Hall–Kier alpha value is -1.29. The molecule has 1 amide bonds. The molecule has 3 nitrogen and oxygen atoms in total. The Morgan fingerprint density at radius 1 is 1.03 bits per heavy atom. The highest BCUT2D eigenvalue weighted by Gasteiger charge is 2.32. The third kappa shape index (κ3) is 7.44. The smallest absolute Gasteiger partial charge is 0.228 e. The molecule has 168 valence electrons. The van der Waals surface area contributed by atoms with E-state index < -0.39 is 0 Å². The van der Waals surface area contributed by atoms with Gasteiger partial charge in [-0.3, -0.25) is 4.79 Å². The standard InChI is InChI=1S/C26H42N2OS/c1-6-8-9-10-11-12-13-14-22-17-20(4)21(5)18-23(22)25(29)28-24-19(3)15-16-27-26(24)30-7-2/h15-16,22-23H,6-14,17-18H2,1-5H3,(H,28,29)/t22-,23-/m1/s1. The lowest BCUT2D eigenvalue weighted by atomic mass is 9.74. The summed E-state index contributed by atoms with van der Waals surface area (Å²) in [4.78, 5) is 17.9. The van der Waals surface area contributed by atoms with Crippen molar-refractivity contribution in [3.05, 3.63) is 29.0 Å². The average molecular weight is 431 g/mol. The van der Waals surface area contributed by atoms with Crippen LogP contribution in [0.5, 0.6) is 0 Å². The first-order chi connectivity index (χ1) is 14.5. The van der Waals surface area contributed by atoms with E-state index in [0.717, 1.165) is 34.9 Å². The molecule has 1 N–H and O–H groups in total. The number of nitrogens with one attached hydrogen (secondary N) is 1. The summed E-state index contributed by atoms with van der Waals surface area (Å²) in [5.74, 6) is 1.67. The average Bonchev–Trinajstić information content (AvgIpc) is 2.72. The van der Waals surface area contributed by atoms with Gasteiger partial charge < -0.3 is 5.32 Å². The monoisotopic (exact) mass is 430 g/mol. The van der Waals surface area contributed by atoms with Gasteiger partial charge in [0.05, 0.1) is 5.69 Å². The van der Waals surface area contributed by atoms with E-state index in [-0.39, 0.29) is 11.8 Å². The molecule has 0 unspecified atom stereocenters. The Labute approximate surface area is 188 Å². The number of pyridine rings is 1. The Kier molecular flexibility index (Phi) is 11.0. The maximum atomic E-state index is 13.4. The Balaban J connectivity index is 2.00. The molecular weight excluding hydrogens is 388 g/mol. The number of carbonyl (C=O) groups is 1. The minimum absolute atomic E-state index is 0.0767. The van der Waals surface area contributed by atoms with Crippen molar-refractivity contribution in [2.75, 3.05) is 11.1 Å². The van der Waals surface area contributed by atoms with Gasteiger partial charge in [-0.05, 0) is 63.3 Å². The highest BCUT2D eigenvalue weighted by Crippen LogP contribution is 2.38. The molecule has 1 aliphatic carbocycles. The van der Waals surface area contributed by atoms with Crippen molar-refractivity contribution < 1.29 is 4.79 Å². The van der Waals surface area contributed by atoms with E-state index in [1.54, 1.807) is 11.8 Å². The van der Waals surface area contributed by atoms with Crippen LogP contribution < -0.4 is 5.32 Å². The van der Waals surface area contributed by atoms with Crippen LogP contribution in [0, 0.1) is 18.8 Å². The van der Waals surface area contributed by atoms with Crippen LogP contribution in [-0.4, -0.2) is 16.6 Å². The van der Waals surface area contributed by atoms with Crippen molar-refractivity contribution in [2.24, 2.45) is 11.8 Å². The van der Waals surface area contributed by atoms with E-state index in [1.807, 2.05) is 12.3 Å². The highest BCUT2D eigenvalue weighted by atomic mass is 32.2. The van der Waals surface area contributed by atoms with E-state index in [1.165, 1.54) is 62.5 Å². The fourth-order valence-electron chi connectivity index (χ4n) is 4.50. The van der Waals surface area contributed by atoms with Crippen LogP contribution in [0.3, 0.4) is 0 Å². The van der Waals surface area contributed by atoms with Crippen molar-refractivity contribution in [2.45, 2.75) is 104 Å². The maximum absolute atomic E-state index is 13.4. The van der Waals surface area contributed by atoms with Crippen LogP contribution in [0.15, 0.2) is 28.4 Å². The number of anilines is 1. The van der Waals surface area contributed by atoms with Crippen LogP contribution in [-0.2, 0) is 4.79 Å². The summed E-state index contributed by atoms with van der Waals surface area (Å²) in [7, 11) is 0. The third-order valence-electron chi connectivity index (χ3n) is 6.56. The first-order valence-electron chi connectivity index (χ1n) is 12.0. The molecule has 0 radical (unpaired) electrons. The number of hydrogen-bond acceptors (Lipinski definition) is 3. The number of aryl methyl sites for hydroxylation is 1. The zero-order valence-corrected chi connectivity index (χ0v) is 20.7. The van der Waals surface area contributed by atoms with Crippen LogP contribution in [0.2, 0.25) is 0 Å². The molecule has 2 rings (SSSR count). The van der Waals surface area contributed by atoms with E-state index in [2.05, 4.69) is 44.9 Å². The fourth-order valence-corrected chi connectivity index (χ4v) is 5.27. The lowest BCUT2D eigenvalue weighted by molar-refractivity contribution is -0.121. The molecule has 0 aliphatic heterocycles. The number of thioether (sulfide) groups is 1. The third-order valence-corrected chi connectivity index (χ3v) is 7.43. The van der Waals surface area contributed by atoms with Gasteiger partial charge in [-0.15, -0.1) is 11.8 Å². The molecule has 1 aromatic rings. The number of rotatable bonds is 12. The molecular formula is C26H42N2OS. The number of nitrogens with zero attached hydrogens (tertiary/aromatic N) is 1. The van der Waals surface area contributed by atoms with Crippen molar-refractivity contribution >= 4 is 23.4 Å². The second kappa shape index (κ2) is 13.2. The Morgan fingerprint density at radius 3 is 2.40 bits per heavy atom. The topological polar surface area (TPSA) is 42.0 Å². The van der Waals surface area contributed by atoms with Crippen molar-refractivity contribution in [1.82, 2.24) is 4.98 Å². The van der Waals surface area contributed by atoms with Gasteiger partial charge in [0, 0.05) is 12.1 Å². The molecule has 0 bridgehead atoms. The van der Waals surface area contributed by atoms with Gasteiger partial charge >= 0.3 is 0 Å². The van der Waals surface area contributed by atoms with Gasteiger partial charge in [-0.25, -0.2) is 4.98 Å². The van der Waals surface area contributed by atoms with Crippen LogP contribution in [0.4, 0.5) is 5.69 Å². The fraction of sp³-hybridized carbons (Fsp3) is 0.692. The minimum Gasteiger partial charge on any atom is -0.323 e. The number of carbonyl (C=O) groups excluding carboxylic acids is 1. The molecule has 1 aromatic heterocycles. The predicted octanol–water partition coefficient (Wildman–Crippen LogP) is 7.94. The summed E-state index contributed by atoms with van der Waals surface area (Å²) in [6.07, 6.45) is 14.3. The molecule has 1 aliphatic rings. The number of unbranched alkanes of at least 4 members (excludes halogenated alkanes) is 6. The van der Waals surface area contributed by atoms with E-state index in [9.17, 15) is 4.79 Å². The number of amides is 1. The van der Waals surface area contributed by atoms with Gasteiger partial charge in [-0.1, -0.05) is 69.9 Å². The Morgan fingerprint density at radius 2 is 1.70 bits per heavy atom. The quantitative estimate of drug-likeness (QED) is 0.208. The molecule has 0 saturated carbocycles. The van der Waals surface area contributed by atoms with Crippen LogP contribution in [0.1, 0.15) is 97.5 Å². The molecule has 30 heavy (non-hydrogen) atoms. The lowest BCUT2D eigenvalue weighted by Crippen LogP contribution is -2.33. The molecule has 0 fully saturated rings. The van der Waals surface area contributed by atoms with E-state index in [4.69, 9.17) is 0 Å². The summed E-state index contributed by atoms with van der Waals surface area (Å²) in [5, 5.41) is 4.22. The molecule has 4 heteroatoms. The summed E-state index contributed by atoms with van der Waals surface area (Å²) in [5.41, 5.74) is 4.90. The van der Waals surface area contributed by atoms with Crippen molar-refractivity contribution in [1.29, 1.82) is 0 Å². The van der Waals surface area contributed by atoms with Crippen LogP contribution >= 0.6 is 11.8 Å². The number of hydrogen-bond donors (Lipinski definition) is 1. The van der Waals surface area contributed by atoms with Gasteiger partial charge in [-0.2, -0.15) is 0 Å². The molecule has 0 aromatic carbocycles. The molecule has 0 saturated heterocycles. The second-order valence-corrected chi connectivity index (χ2v) is 10.2. The predicted molar refractivity (Wildman–Crippen MR) is 131 cm³/mol.